The summed E-state index contributed by atoms with van der Waals surface area (Å²) >= 11 is 0. The van der Waals surface area contributed by atoms with E-state index in [1.54, 1.807) is 0 Å². The molecule has 102 valence electrons. The Labute approximate surface area is 116 Å². The predicted octanol–water partition coefficient (Wildman–Crippen LogP) is 2.43. The molecule has 0 saturated heterocycles. The summed E-state index contributed by atoms with van der Waals surface area (Å²) in [6.45, 7) is 6.33. The van der Waals surface area contributed by atoms with E-state index in [-0.39, 0.29) is 0 Å². The second-order valence-corrected chi connectivity index (χ2v) is 4.52. The van der Waals surface area contributed by atoms with Crippen LogP contribution in [-0.2, 0) is 0 Å². The van der Waals surface area contributed by atoms with Gasteiger partial charge in [0, 0.05) is 11.6 Å². The van der Waals surface area contributed by atoms with Crippen molar-refractivity contribution >= 4 is 11.2 Å². The number of imidazole rings is 1. The van der Waals surface area contributed by atoms with Gasteiger partial charge in [0.15, 0.2) is 5.65 Å². The number of aromatic amines is 1. The van der Waals surface area contributed by atoms with E-state index in [2.05, 4.69) is 25.1 Å². The summed E-state index contributed by atoms with van der Waals surface area (Å²) in [5, 5.41) is 8.15. The van der Waals surface area contributed by atoms with Crippen molar-refractivity contribution in [1.29, 1.82) is 0 Å². The number of nitrogens with zero attached hydrogens (tertiary/aromatic N) is 4. The third kappa shape index (κ3) is 2.20. The number of nitrogens with one attached hydrogen (secondary N) is 1. The van der Waals surface area contributed by atoms with E-state index in [0.717, 1.165) is 28.3 Å². The number of ether oxygens (including phenoxy) is 1. The fourth-order valence-electron chi connectivity index (χ4n) is 2.02. The standard InChI is InChI=1S/C14H15N5O/c1-4-20-12-6-5-11-14(16-12)17-13(15-11)10-7-8(2)18-19-9(10)3/h5-7H,4H2,1-3H3,(H,15,16,17). The van der Waals surface area contributed by atoms with Crippen molar-refractivity contribution in [3.8, 4) is 17.3 Å². The molecule has 0 aromatic carbocycles. The highest BCUT2D eigenvalue weighted by molar-refractivity contribution is 5.76. The number of aryl methyl sites for hydroxylation is 2. The minimum Gasteiger partial charge on any atom is -0.478 e. The van der Waals surface area contributed by atoms with Gasteiger partial charge in [0.25, 0.3) is 0 Å². The fourth-order valence-corrected chi connectivity index (χ4v) is 2.02. The van der Waals surface area contributed by atoms with Gasteiger partial charge in [-0.1, -0.05) is 0 Å². The van der Waals surface area contributed by atoms with Crippen LogP contribution in [0.15, 0.2) is 18.2 Å². The van der Waals surface area contributed by atoms with Gasteiger partial charge in [-0.2, -0.15) is 15.2 Å². The highest BCUT2D eigenvalue weighted by Gasteiger charge is 2.11. The molecule has 1 N–H and O–H groups in total. The van der Waals surface area contributed by atoms with Gasteiger partial charge in [-0.15, -0.1) is 0 Å². The van der Waals surface area contributed by atoms with Crippen molar-refractivity contribution in [2.75, 3.05) is 6.61 Å². The Morgan fingerprint density at radius 3 is 2.80 bits per heavy atom. The maximum Gasteiger partial charge on any atom is 0.215 e. The van der Waals surface area contributed by atoms with E-state index in [4.69, 9.17) is 4.74 Å². The van der Waals surface area contributed by atoms with Gasteiger partial charge in [0.2, 0.25) is 5.88 Å². The topological polar surface area (TPSA) is 76.6 Å². The maximum atomic E-state index is 5.38. The largest absolute Gasteiger partial charge is 0.478 e. The van der Waals surface area contributed by atoms with Crippen molar-refractivity contribution < 1.29 is 4.74 Å². The number of hydrogen-bond acceptors (Lipinski definition) is 5. The Bertz CT molecular complexity index is 765. The first-order valence-corrected chi connectivity index (χ1v) is 6.48. The van der Waals surface area contributed by atoms with E-state index in [0.29, 0.717) is 18.1 Å². The van der Waals surface area contributed by atoms with Crippen LogP contribution in [0.1, 0.15) is 18.3 Å². The van der Waals surface area contributed by atoms with Crippen LogP contribution < -0.4 is 4.74 Å². The van der Waals surface area contributed by atoms with Gasteiger partial charge >= 0.3 is 0 Å². The lowest BCUT2D eigenvalue weighted by atomic mass is 10.2. The molecule has 0 spiro atoms. The smallest absolute Gasteiger partial charge is 0.215 e. The molecule has 0 atom stereocenters. The predicted molar refractivity (Wildman–Crippen MR) is 75.6 cm³/mol. The Hall–Kier alpha value is -2.50. The summed E-state index contributed by atoms with van der Waals surface area (Å²) in [6, 6.07) is 5.71. The lowest BCUT2D eigenvalue weighted by Crippen LogP contribution is -1.95. The van der Waals surface area contributed by atoms with Crippen molar-refractivity contribution in [2.24, 2.45) is 0 Å². The molecular weight excluding hydrogens is 254 g/mol. The first-order valence-electron chi connectivity index (χ1n) is 6.48. The minimum absolute atomic E-state index is 0.582. The zero-order valence-electron chi connectivity index (χ0n) is 11.6. The second-order valence-electron chi connectivity index (χ2n) is 4.52. The SMILES string of the molecule is CCOc1ccc2[nH]c(-c3cc(C)nnc3C)nc2n1. The summed E-state index contributed by atoms with van der Waals surface area (Å²) < 4.78 is 5.38. The van der Waals surface area contributed by atoms with Gasteiger partial charge in [0.05, 0.1) is 23.5 Å². The molecule has 20 heavy (non-hydrogen) atoms. The maximum absolute atomic E-state index is 5.38. The van der Waals surface area contributed by atoms with Gasteiger partial charge < -0.3 is 9.72 Å². The molecule has 6 heteroatoms. The van der Waals surface area contributed by atoms with E-state index in [1.165, 1.54) is 0 Å². The lowest BCUT2D eigenvalue weighted by molar-refractivity contribution is 0.328. The molecule has 0 saturated carbocycles. The third-order valence-electron chi connectivity index (χ3n) is 2.97. The van der Waals surface area contributed by atoms with Crippen LogP contribution in [0.5, 0.6) is 5.88 Å². The van der Waals surface area contributed by atoms with Crippen molar-refractivity contribution in [1.82, 2.24) is 25.1 Å². The molecule has 3 heterocycles. The third-order valence-corrected chi connectivity index (χ3v) is 2.97. The van der Waals surface area contributed by atoms with E-state index < -0.39 is 0 Å². The number of hydrogen-bond donors (Lipinski definition) is 1. The Kier molecular flexibility index (Phi) is 3.06. The molecule has 0 bridgehead atoms. The average molecular weight is 269 g/mol. The van der Waals surface area contributed by atoms with Crippen molar-refractivity contribution in [3.63, 3.8) is 0 Å². The first kappa shape index (κ1) is 12.5. The van der Waals surface area contributed by atoms with Gasteiger partial charge in [-0.25, -0.2) is 4.98 Å². The zero-order chi connectivity index (χ0) is 14.1. The van der Waals surface area contributed by atoms with E-state index in [9.17, 15) is 0 Å². The van der Waals surface area contributed by atoms with Gasteiger partial charge in [0.1, 0.15) is 5.82 Å². The van der Waals surface area contributed by atoms with Crippen molar-refractivity contribution in [3.05, 3.63) is 29.6 Å². The van der Waals surface area contributed by atoms with Crippen LogP contribution in [0, 0.1) is 13.8 Å². The Balaban J connectivity index is 2.10. The molecule has 0 aliphatic heterocycles. The minimum atomic E-state index is 0.582. The quantitative estimate of drug-likeness (QED) is 0.790. The monoisotopic (exact) mass is 269 g/mol. The summed E-state index contributed by atoms with van der Waals surface area (Å²) in [5.41, 5.74) is 4.14. The highest BCUT2D eigenvalue weighted by Crippen LogP contribution is 2.23. The van der Waals surface area contributed by atoms with Crippen molar-refractivity contribution in [2.45, 2.75) is 20.8 Å². The molecule has 6 nitrogen and oxygen atoms in total. The number of pyridine rings is 1. The molecule has 0 amide bonds. The van der Waals surface area contributed by atoms with Crippen LogP contribution in [-0.4, -0.2) is 31.8 Å². The average Bonchev–Trinajstić information content (AvgIpc) is 2.85. The number of H-pyrrole nitrogens is 1. The summed E-state index contributed by atoms with van der Waals surface area (Å²) in [5.74, 6) is 1.33. The summed E-state index contributed by atoms with van der Waals surface area (Å²) in [4.78, 5) is 12.1. The van der Waals surface area contributed by atoms with Crippen LogP contribution >= 0.6 is 0 Å². The molecular formula is C14H15N5O. The molecule has 0 unspecified atom stereocenters. The molecule has 3 aromatic rings. The molecule has 3 aromatic heterocycles. The Morgan fingerprint density at radius 2 is 2.00 bits per heavy atom. The molecule has 0 fully saturated rings. The highest BCUT2D eigenvalue weighted by atomic mass is 16.5. The molecule has 0 aliphatic carbocycles. The normalized spacial score (nSPS) is 10.9. The number of aromatic nitrogens is 5. The van der Waals surface area contributed by atoms with Gasteiger partial charge in [-0.3, -0.25) is 0 Å². The van der Waals surface area contributed by atoms with Gasteiger partial charge in [-0.05, 0) is 32.9 Å². The van der Waals surface area contributed by atoms with Crippen LogP contribution in [0.25, 0.3) is 22.6 Å². The zero-order valence-corrected chi connectivity index (χ0v) is 11.6. The molecule has 3 rings (SSSR count). The Morgan fingerprint density at radius 1 is 1.15 bits per heavy atom. The van der Waals surface area contributed by atoms with Crippen LogP contribution in [0.3, 0.4) is 0 Å². The number of fused-ring (bicyclic) bond motifs is 1. The van der Waals surface area contributed by atoms with Crippen LogP contribution in [0.2, 0.25) is 0 Å². The second kappa shape index (κ2) is 4.88. The first-order chi connectivity index (χ1) is 9.67. The number of rotatable bonds is 3. The molecule has 0 radical (unpaired) electrons. The lowest BCUT2D eigenvalue weighted by Gasteiger charge is -2.00. The fraction of sp³-hybridized carbons (Fsp3) is 0.286. The van der Waals surface area contributed by atoms with E-state index >= 15 is 0 Å². The summed E-state index contributed by atoms with van der Waals surface area (Å²) in [7, 11) is 0. The van der Waals surface area contributed by atoms with E-state index in [1.807, 2.05) is 39.0 Å². The van der Waals surface area contributed by atoms with Crippen LogP contribution in [0.4, 0.5) is 0 Å². The molecule has 0 aliphatic rings. The summed E-state index contributed by atoms with van der Waals surface area (Å²) in [6.07, 6.45) is 0.